The number of carbonyl (C=O) groups excluding carboxylic acids is 2. The number of phosphoric ester groups is 1. The minimum Gasteiger partial charge on any atom is -0.462 e. The summed E-state index contributed by atoms with van der Waals surface area (Å²) in [5.74, 6) is -0.846. The molecule has 0 rings (SSSR count). The van der Waals surface area contributed by atoms with Gasteiger partial charge in [-0.3, -0.25) is 18.6 Å². The molecule has 2 unspecified atom stereocenters. The van der Waals surface area contributed by atoms with Crippen LogP contribution in [0.1, 0.15) is 245 Å². The van der Waals surface area contributed by atoms with Gasteiger partial charge in [-0.25, -0.2) is 4.57 Å². The van der Waals surface area contributed by atoms with Crippen molar-refractivity contribution < 1.29 is 37.6 Å². The molecule has 10 heteroatoms. The molecule has 0 radical (unpaired) electrons. The van der Waals surface area contributed by atoms with E-state index in [4.69, 9.17) is 24.3 Å². The lowest BCUT2D eigenvalue weighted by Gasteiger charge is -2.19. The molecule has 0 aromatic heterocycles. The predicted octanol–water partition coefficient (Wildman–Crippen LogP) is 18.6. The van der Waals surface area contributed by atoms with Crippen molar-refractivity contribution in [3.8, 4) is 0 Å². The zero-order valence-electron chi connectivity index (χ0n) is 46.6. The highest BCUT2D eigenvalue weighted by atomic mass is 31.2. The van der Waals surface area contributed by atoms with Crippen LogP contribution in [-0.4, -0.2) is 49.3 Å². The van der Waals surface area contributed by atoms with Crippen LogP contribution in [0.15, 0.2) is 109 Å². The molecule has 0 saturated heterocycles. The van der Waals surface area contributed by atoms with Crippen LogP contribution in [0.5, 0.6) is 0 Å². The van der Waals surface area contributed by atoms with Crippen LogP contribution >= 0.6 is 7.82 Å². The third-order valence-electron chi connectivity index (χ3n) is 12.1. The van der Waals surface area contributed by atoms with Gasteiger partial charge in [-0.05, 0) is 103 Å². The van der Waals surface area contributed by atoms with Gasteiger partial charge >= 0.3 is 19.8 Å². The minimum atomic E-state index is -4.40. The fraction of sp³-hybridized carbons (Fsp3) is 0.683. The van der Waals surface area contributed by atoms with Gasteiger partial charge in [-0.2, -0.15) is 0 Å². The van der Waals surface area contributed by atoms with E-state index in [-0.39, 0.29) is 38.6 Å². The Morgan fingerprint density at radius 3 is 1.12 bits per heavy atom. The number of carbonyl (C=O) groups is 2. The number of unbranched alkanes of at least 4 members (excludes halogenated alkanes) is 23. The first-order valence-corrected chi connectivity index (χ1v) is 30.9. The summed E-state index contributed by atoms with van der Waals surface area (Å²) in [6.45, 7) is 3.61. The summed E-state index contributed by atoms with van der Waals surface area (Å²) in [5.41, 5.74) is 5.38. The average Bonchev–Trinajstić information content (AvgIpc) is 3.38. The van der Waals surface area contributed by atoms with Crippen molar-refractivity contribution in [3.63, 3.8) is 0 Å². The molecule has 2 atom stereocenters. The standard InChI is InChI=1S/C63H108NO8P/c1-3-5-7-9-11-13-15-17-19-21-23-25-27-28-29-30-31-32-34-36-38-40-42-44-46-48-50-52-54-56-63(66)72-61(60-71-73(67,68)70-58-57-64)59-69-62(65)55-53-51-49-47-45-43-41-39-37-35-33-26-24-22-20-18-16-14-12-10-8-6-4-2/h5,7,11,13,16-19,22-25,28-29,31-32,36,38,61H,3-4,6,8-10,12,14-15,20-21,26-27,30,33-35,37,39-60,64H2,1-2H3,(H,67,68)/b7-5-,13-11-,18-16-,19-17-,24-22-,25-23-,29-28-,32-31-,38-36-. The van der Waals surface area contributed by atoms with Crippen LogP contribution in [0.2, 0.25) is 0 Å². The Kier molecular flexibility index (Phi) is 55.3. The molecule has 0 aliphatic carbocycles. The van der Waals surface area contributed by atoms with E-state index in [0.717, 1.165) is 96.3 Å². The smallest absolute Gasteiger partial charge is 0.462 e. The summed E-state index contributed by atoms with van der Waals surface area (Å²) in [6, 6.07) is 0. The largest absolute Gasteiger partial charge is 0.472 e. The van der Waals surface area contributed by atoms with Crippen molar-refractivity contribution in [3.05, 3.63) is 109 Å². The van der Waals surface area contributed by atoms with E-state index in [0.29, 0.717) is 6.42 Å². The van der Waals surface area contributed by atoms with Crippen LogP contribution in [-0.2, 0) is 32.7 Å². The van der Waals surface area contributed by atoms with Crippen molar-refractivity contribution in [1.29, 1.82) is 0 Å². The molecule has 73 heavy (non-hydrogen) atoms. The Morgan fingerprint density at radius 1 is 0.425 bits per heavy atom. The van der Waals surface area contributed by atoms with Gasteiger partial charge in [0.2, 0.25) is 0 Å². The van der Waals surface area contributed by atoms with Gasteiger partial charge in [0.15, 0.2) is 6.10 Å². The van der Waals surface area contributed by atoms with Crippen LogP contribution < -0.4 is 5.73 Å². The third kappa shape index (κ3) is 57.8. The SMILES string of the molecule is CC/C=C\C/C=C\C/C=C\C/C=C\C/C=C\C/C=C\C/C=C\CCCCCCCCCC(=O)OC(COC(=O)CCCCCCCCCCCCC/C=C\C/C=C\CCCCCCC)COP(=O)(O)OCCN. The first kappa shape index (κ1) is 69.7. The van der Waals surface area contributed by atoms with Gasteiger partial charge in [-0.1, -0.05) is 239 Å². The van der Waals surface area contributed by atoms with E-state index in [2.05, 4.69) is 123 Å². The lowest BCUT2D eigenvalue weighted by atomic mass is 10.0. The molecule has 0 heterocycles. The summed E-state index contributed by atoms with van der Waals surface area (Å²) in [7, 11) is -4.40. The quantitative estimate of drug-likeness (QED) is 0.0264. The molecule has 0 spiro atoms. The van der Waals surface area contributed by atoms with E-state index in [1.54, 1.807) is 0 Å². The average molecular weight is 1040 g/mol. The number of allylic oxidation sites excluding steroid dienone is 18. The molecule has 9 nitrogen and oxygen atoms in total. The molecule has 0 amide bonds. The second-order valence-electron chi connectivity index (χ2n) is 19.1. The fourth-order valence-electron chi connectivity index (χ4n) is 7.82. The molecule has 0 aromatic carbocycles. The molecule has 0 aromatic rings. The Bertz CT molecular complexity index is 1560. The molecule has 0 bridgehead atoms. The van der Waals surface area contributed by atoms with E-state index in [1.807, 2.05) is 0 Å². The number of hydrogen-bond acceptors (Lipinski definition) is 8. The number of esters is 2. The highest BCUT2D eigenvalue weighted by molar-refractivity contribution is 7.47. The number of hydrogen-bond donors (Lipinski definition) is 2. The molecular weight excluding hydrogens is 930 g/mol. The molecule has 418 valence electrons. The van der Waals surface area contributed by atoms with Crippen LogP contribution in [0.3, 0.4) is 0 Å². The Hall–Kier alpha value is -3.33. The summed E-state index contributed by atoms with van der Waals surface area (Å²) in [6.07, 6.45) is 78.5. The van der Waals surface area contributed by atoms with Gasteiger partial charge in [0.25, 0.3) is 0 Å². The zero-order chi connectivity index (χ0) is 53.1. The van der Waals surface area contributed by atoms with Crippen molar-refractivity contribution >= 4 is 19.8 Å². The van der Waals surface area contributed by atoms with Gasteiger partial charge in [0.1, 0.15) is 6.61 Å². The fourth-order valence-corrected chi connectivity index (χ4v) is 8.59. The second kappa shape index (κ2) is 57.9. The first-order chi connectivity index (χ1) is 35.8. The highest BCUT2D eigenvalue weighted by Crippen LogP contribution is 2.43. The second-order valence-corrected chi connectivity index (χ2v) is 20.6. The number of ether oxygens (including phenoxy) is 2. The number of nitrogens with two attached hydrogens (primary N) is 1. The Labute approximate surface area is 448 Å². The molecule has 0 aliphatic heterocycles. The molecule has 3 N–H and O–H groups in total. The maximum Gasteiger partial charge on any atom is 0.472 e. The molecule has 0 saturated carbocycles. The Balaban J connectivity index is 4.05. The van der Waals surface area contributed by atoms with Crippen molar-refractivity contribution in [2.45, 2.75) is 251 Å². The monoisotopic (exact) mass is 1040 g/mol. The van der Waals surface area contributed by atoms with Crippen LogP contribution in [0.4, 0.5) is 0 Å². The van der Waals surface area contributed by atoms with Gasteiger partial charge in [0, 0.05) is 19.4 Å². The van der Waals surface area contributed by atoms with Crippen LogP contribution in [0.25, 0.3) is 0 Å². The first-order valence-electron chi connectivity index (χ1n) is 29.4. The van der Waals surface area contributed by atoms with E-state index >= 15 is 0 Å². The van der Waals surface area contributed by atoms with Crippen molar-refractivity contribution in [1.82, 2.24) is 0 Å². The Morgan fingerprint density at radius 2 is 0.753 bits per heavy atom. The summed E-state index contributed by atoms with van der Waals surface area (Å²) in [5, 5.41) is 0. The molecule has 0 fully saturated rings. The van der Waals surface area contributed by atoms with Gasteiger partial charge < -0.3 is 20.1 Å². The van der Waals surface area contributed by atoms with Gasteiger partial charge in [-0.15, -0.1) is 0 Å². The number of phosphoric acid groups is 1. The lowest BCUT2D eigenvalue weighted by molar-refractivity contribution is -0.161. The van der Waals surface area contributed by atoms with Crippen LogP contribution in [0, 0.1) is 0 Å². The summed E-state index contributed by atoms with van der Waals surface area (Å²) >= 11 is 0. The summed E-state index contributed by atoms with van der Waals surface area (Å²) in [4.78, 5) is 35.2. The zero-order valence-corrected chi connectivity index (χ0v) is 47.5. The van der Waals surface area contributed by atoms with Crippen molar-refractivity contribution in [2.75, 3.05) is 26.4 Å². The molecular formula is C63H108NO8P. The minimum absolute atomic E-state index is 0.0458. The topological polar surface area (TPSA) is 134 Å². The maximum atomic E-state index is 12.7. The lowest BCUT2D eigenvalue weighted by Crippen LogP contribution is -2.29. The highest BCUT2D eigenvalue weighted by Gasteiger charge is 2.26. The van der Waals surface area contributed by atoms with Crippen molar-refractivity contribution in [2.24, 2.45) is 5.73 Å². The van der Waals surface area contributed by atoms with Gasteiger partial charge in [0.05, 0.1) is 13.2 Å². The molecule has 0 aliphatic rings. The third-order valence-corrected chi connectivity index (χ3v) is 13.1. The van der Waals surface area contributed by atoms with E-state index in [9.17, 15) is 19.0 Å². The predicted molar refractivity (Wildman–Crippen MR) is 311 cm³/mol. The summed E-state index contributed by atoms with van der Waals surface area (Å²) < 4.78 is 33.0. The van der Waals surface area contributed by atoms with E-state index < -0.39 is 26.5 Å². The van der Waals surface area contributed by atoms with E-state index in [1.165, 1.54) is 116 Å². The number of rotatable bonds is 54. The normalized spacial score (nSPS) is 13.9. The maximum absolute atomic E-state index is 12.7.